The first-order valence-corrected chi connectivity index (χ1v) is 10.9. The zero-order valence-corrected chi connectivity index (χ0v) is 18.9. The minimum atomic E-state index is -0.531. The Hall–Kier alpha value is -2.35. The third-order valence-corrected chi connectivity index (χ3v) is 6.40. The predicted octanol–water partition coefficient (Wildman–Crippen LogP) is 1.94. The van der Waals surface area contributed by atoms with Crippen molar-refractivity contribution in [2.75, 3.05) is 19.6 Å². The van der Waals surface area contributed by atoms with E-state index in [1.165, 1.54) is 22.5 Å². The first-order valence-electron chi connectivity index (χ1n) is 10.9. The molecule has 0 aromatic carbocycles. The number of carbonyl (C=O) groups excluding carboxylic acids is 2. The lowest BCUT2D eigenvalue weighted by Crippen LogP contribution is -2.57. The number of likely N-dealkylation sites (tertiary alicyclic amines) is 1. The smallest absolute Gasteiger partial charge is 0.245 e. The molecule has 8 heteroatoms. The Morgan fingerprint density at radius 1 is 1.30 bits per heavy atom. The topological polar surface area (TPSA) is 89.1 Å². The fraction of sp³-hybridized carbons (Fsp3) is 0.682. The molecular weight excluding hydrogens is 380 g/mol. The lowest BCUT2D eigenvalue weighted by atomic mass is 9.68. The van der Waals surface area contributed by atoms with E-state index in [-0.39, 0.29) is 29.7 Å². The van der Waals surface area contributed by atoms with Crippen molar-refractivity contribution in [3.05, 3.63) is 23.3 Å². The van der Waals surface area contributed by atoms with E-state index in [4.69, 9.17) is 0 Å². The van der Waals surface area contributed by atoms with Crippen LogP contribution in [0.4, 0.5) is 0 Å². The summed E-state index contributed by atoms with van der Waals surface area (Å²) in [6.45, 7) is 12.2. The van der Waals surface area contributed by atoms with Crippen LogP contribution in [0.15, 0.2) is 28.4 Å². The van der Waals surface area contributed by atoms with E-state index in [0.29, 0.717) is 12.5 Å². The molecule has 2 aliphatic heterocycles. The van der Waals surface area contributed by atoms with Crippen LogP contribution in [0, 0.1) is 17.3 Å². The molecule has 1 aliphatic carbocycles. The van der Waals surface area contributed by atoms with E-state index in [1.54, 1.807) is 0 Å². The minimum absolute atomic E-state index is 0.00592. The number of nitrogens with zero attached hydrogens (tertiary/aromatic N) is 3. The Morgan fingerprint density at radius 3 is 2.63 bits per heavy atom. The van der Waals surface area contributed by atoms with E-state index in [1.807, 2.05) is 18.7 Å². The van der Waals surface area contributed by atoms with Crippen molar-refractivity contribution < 1.29 is 9.59 Å². The number of hydrazine groups is 2. The summed E-state index contributed by atoms with van der Waals surface area (Å²) in [6.07, 6.45) is 9.26. The summed E-state index contributed by atoms with van der Waals surface area (Å²) >= 11 is 0. The molecule has 2 atom stereocenters. The van der Waals surface area contributed by atoms with Gasteiger partial charge in [-0.15, -0.1) is 5.53 Å². The molecule has 0 aromatic heterocycles. The predicted molar refractivity (Wildman–Crippen MR) is 118 cm³/mol. The molecule has 30 heavy (non-hydrogen) atoms. The van der Waals surface area contributed by atoms with Gasteiger partial charge in [0.2, 0.25) is 11.8 Å². The summed E-state index contributed by atoms with van der Waals surface area (Å²) in [7, 11) is 0. The number of allylic oxidation sites excluding steroid dienone is 4. The zero-order chi connectivity index (χ0) is 21.9. The SMILES string of the molecule is CC1=CC=C(C2CCN(C(=O)C(NC(=O)CN3C=NNN3)C(C)C)CC2(C)C)CC1. The van der Waals surface area contributed by atoms with Gasteiger partial charge in [-0.05, 0) is 43.4 Å². The van der Waals surface area contributed by atoms with Gasteiger partial charge in [0.15, 0.2) is 0 Å². The maximum absolute atomic E-state index is 13.3. The van der Waals surface area contributed by atoms with Gasteiger partial charge in [0.1, 0.15) is 18.9 Å². The van der Waals surface area contributed by atoms with Gasteiger partial charge < -0.3 is 10.2 Å². The van der Waals surface area contributed by atoms with Crippen LogP contribution in [0.1, 0.15) is 53.9 Å². The Labute approximate surface area is 179 Å². The second-order valence-corrected chi connectivity index (χ2v) is 9.73. The first kappa shape index (κ1) is 22.3. The molecule has 3 N–H and O–H groups in total. The molecule has 2 unspecified atom stereocenters. The zero-order valence-electron chi connectivity index (χ0n) is 18.9. The summed E-state index contributed by atoms with van der Waals surface area (Å²) in [5.74, 6) is 0.300. The average Bonchev–Trinajstić information content (AvgIpc) is 3.18. The van der Waals surface area contributed by atoms with E-state index in [0.717, 1.165) is 25.8 Å². The third-order valence-electron chi connectivity index (χ3n) is 6.40. The summed E-state index contributed by atoms with van der Waals surface area (Å²) < 4.78 is 0. The van der Waals surface area contributed by atoms with Crippen LogP contribution < -0.4 is 16.4 Å². The number of amides is 2. The normalized spacial score (nSPS) is 24.3. The molecule has 0 bridgehead atoms. The van der Waals surface area contributed by atoms with Crippen molar-refractivity contribution in [3.63, 3.8) is 0 Å². The van der Waals surface area contributed by atoms with Crippen molar-refractivity contribution in [1.29, 1.82) is 0 Å². The van der Waals surface area contributed by atoms with Crippen LogP contribution in [0.3, 0.4) is 0 Å². The Morgan fingerprint density at radius 2 is 2.07 bits per heavy atom. The monoisotopic (exact) mass is 416 g/mol. The van der Waals surface area contributed by atoms with Crippen molar-refractivity contribution in [1.82, 2.24) is 26.3 Å². The number of carbonyl (C=O) groups is 2. The largest absolute Gasteiger partial charge is 0.342 e. The lowest BCUT2D eigenvalue weighted by Gasteiger charge is -2.47. The van der Waals surface area contributed by atoms with Crippen LogP contribution in [-0.2, 0) is 9.59 Å². The molecular formula is C22H36N6O2. The number of hydrogen-bond donors (Lipinski definition) is 3. The van der Waals surface area contributed by atoms with E-state index in [9.17, 15) is 9.59 Å². The molecule has 0 aromatic rings. The molecule has 2 heterocycles. The van der Waals surface area contributed by atoms with E-state index < -0.39 is 6.04 Å². The van der Waals surface area contributed by atoms with E-state index >= 15 is 0 Å². The Kier molecular flexibility index (Phi) is 6.85. The molecule has 0 saturated carbocycles. The number of rotatable bonds is 6. The van der Waals surface area contributed by atoms with Gasteiger partial charge in [-0.25, -0.2) is 5.53 Å². The quantitative estimate of drug-likeness (QED) is 0.616. The molecule has 0 radical (unpaired) electrons. The lowest BCUT2D eigenvalue weighted by molar-refractivity contribution is -0.141. The molecule has 3 rings (SSSR count). The molecule has 1 fully saturated rings. The van der Waals surface area contributed by atoms with Crippen molar-refractivity contribution in [2.45, 2.75) is 59.9 Å². The molecule has 2 amide bonds. The maximum atomic E-state index is 13.3. The van der Waals surface area contributed by atoms with Gasteiger partial charge >= 0.3 is 0 Å². The van der Waals surface area contributed by atoms with Gasteiger partial charge in [0.25, 0.3) is 0 Å². The fourth-order valence-corrected chi connectivity index (χ4v) is 4.67. The number of piperidine rings is 1. The van der Waals surface area contributed by atoms with Crippen LogP contribution in [0.25, 0.3) is 0 Å². The molecule has 3 aliphatic rings. The molecule has 166 valence electrons. The van der Waals surface area contributed by atoms with Crippen LogP contribution in [-0.4, -0.2) is 53.7 Å². The average molecular weight is 417 g/mol. The molecule has 0 spiro atoms. The highest BCUT2D eigenvalue weighted by Gasteiger charge is 2.41. The van der Waals surface area contributed by atoms with Crippen LogP contribution >= 0.6 is 0 Å². The highest BCUT2D eigenvalue weighted by atomic mass is 16.2. The second-order valence-electron chi connectivity index (χ2n) is 9.73. The first-order chi connectivity index (χ1) is 14.2. The van der Waals surface area contributed by atoms with Gasteiger partial charge in [0.05, 0.1) is 0 Å². The van der Waals surface area contributed by atoms with Gasteiger partial charge in [-0.2, -0.15) is 5.10 Å². The third kappa shape index (κ3) is 5.22. The summed E-state index contributed by atoms with van der Waals surface area (Å²) in [6, 6.07) is -0.531. The van der Waals surface area contributed by atoms with Crippen molar-refractivity contribution in [2.24, 2.45) is 22.4 Å². The van der Waals surface area contributed by atoms with Crippen molar-refractivity contribution in [3.8, 4) is 0 Å². The number of hydrazone groups is 1. The Balaban J connectivity index is 1.63. The maximum Gasteiger partial charge on any atom is 0.245 e. The van der Waals surface area contributed by atoms with Crippen LogP contribution in [0.5, 0.6) is 0 Å². The summed E-state index contributed by atoms with van der Waals surface area (Å²) in [4.78, 5) is 27.7. The molecule has 8 nitrogen and oxygen atoms in total. The Bertz CT molecular complexity index is 755. The number of hydrogen-bond acceptors (Lipinski definition) is 6. The van der Waals surface area contributed by atoms with Gasteiger partial charge in [-0.1, -0.05) is 51.0 Å². The second kappa shape index (κ2) is 9.20. The van der Waals surface area contributed by atoms with E-state index in [2.05, 4.69) is 54.4 Å². The van der Waals surface area contributed by atoms with Crippen molar-refractivity contribution >= 4 is 18.2 Å². The highest BCUT2D eigenvalue weighted by molar-refractivity contribution is 5.89. The van der Waals surface area contributed by atoms with Gasteiger partial charge in [0, 0.05) is 13.1 Å². The fourth-order valence-electron chi connectivity index (χ4n) is 4.67. The van der Waals surface area contributed by atoms with Gasteiger partial charge in [-0.3, -0.25) is 14.6 Å². The standard InChI is InChI=1S/C22H36N6O2/c1-15(2)20(24-19(29)12-28-14-23-25-26-28)21(30)27-11-10-18(22(4,5)13-27)17-8-6-16(3)7-9-17/h6,8,14-15,18,20,25-26H,7,9-13H2,1-5H3,(H,24,29). The summed E-state index contributed by atoms with van der Waals surface area (Å²) in [5.41, 5.74) is 8.24. The molecule has 1 saturated heterocycles. The highest BCUT2D eigenvalue weighted by Crippen LogP contribution is 2.42. The number of nitrogens with one attached hydrogen (secondary N) is 3. The minimum Gasteiger partial charge on any atom is -0.342 e. The summed E-state index contributed by atoms with van der Waals surface area (Å²) in [5, 5.41) is 8.24. The van der Waals surface area contributed by atoms with Crippen LogP contribution in [0.2, 0.25) is 0 Å².